The molecule has 0 amide bonds. The zero-order chi connectivity index (χ0) is 13.2. The first-order valence-electron chi connectivity index (χ1n) is 4.22. The van der Waals surface area contributed by atoms with E-state index in [2.05, 4.69) is 0 Å². The van der Waals surface area contributed by atoms with Crippen molar-refractivity contribution in [2.75, 3.05) is 5.88 Å². The van der Waals surface area contributed by atoms with Crippen LogP contribution in [0.5, 0.6) is 0 Å². The maximum Gasteiger partial charge on any atom is 0.419 e. The molecule has 0 heterocycles. The number of carbonyl (C=O) groups excluding carboxylic acids is 1. The van der Waals surface area contributed by atoms with Gasteiger partial charge in [-0.1, -0.05) is 0 Å². The maximum atomic E-state index is 13.1. The second-order valence-corrected chi connectivity index (χ2v) is 3.28. The number of benzene rings is 1. The monoisotopic (exact) mass is 265 g/mol. The SMILES string of the molecule is N#Cc1ccc(F)c(C(F)(F)F)c1C(=O)CCl. The molecular formula is C10H4ClF4NO. The number of alkyl halides is 4. The van der Waals surface area contributed by atoms with Crippen LogP contribution in [-0.2, 0) is 6.18 Å². The lowest BCUT2D eigenvalue weighted by atomic mass is 9.97. The second-order valence-electron chi connectivity index (χ2n) is 3.01. The zero-order valence-electron chi connectivity index (χ0n) is 8.11. The molecule has 7 heteroatoms. The number of nitriles is 1. The molecule has 0 saturated heterocycles. The van der Waals surface area contributed by atoms with Gasteiger partial charge in [0.2, 0.25) is 0 Å². The summed E-state index contributed by atoms with van der Waals surface area (Å²) in [6, 6.07) is 2.71. The largest absolute Gasteiger partial charge is 0.419 e. The van der Waals surface area contributed by atoms with Gasteiger partial charge in [-0.05, 0) is 12.1 Å². The summed E-state index contributed by atoms with van der Waals surface area (Å²) >= 11 is 5.14. The average molecular weight is 266 g/mol. The number of Topliss-reactive ketones (excluding diaryl/α,β-unsaturated/α-hetero) is 1. The fraction of sp³-hybridized carbons (Fsp3) is 0.200. The minimum atomic E-state index is -5.06. The maximum absolute atomic E-state index is 13.1. The lowest BCUT2D eigenvalue weighted by Crippen LogP contribution is -2.18. The third-order valence-electron chi connectivity index (χ3n) is 1.96. The number of rotatable bonds is 2. The molecule has 0 fully saturated rings. The van der Waals surface area contributed by atoms with Crippen LogP contribution in [0.4, 0.5) is 17.6 Å². The fourth-order valence-electron chi connectivity index (χ4n) is 1.30. The first kappa shape index (κ1) is 13.5. The van der Waals surface area contributed by atoms with Crippen LogP contribution in [0.1, 0.15) is 21.5 Å². The van der Waals surface area contributed by atoms with Crippen molar-refractivity contribution in [3.05, 3.63) is 34.6 Å². The van der Waals surface area contributed by atoms with E-state index in [1.165, 1.54) is 6.07 Å². The molecule has 90 valence electrons. The van der Waals surface area contributed by atoms with Crippen LogP contribution in [0.3, 0.4) is 0 Å². The lowest BCUT2D eigenvalue weighted by molar-refractivity contribution is -0.140. The number of hydrogen-bond donors (Lipinski definition) is 0. The Morgan fingerprint density at radius 2 is 2.00 bits per heavy atom. The molecule has 0 N–H and O–H groups in total. The van der Waals surface area contributed by atoms with E-state index in [-0.39, 0.29) is 0 Å². The molecule has 0 aliphatic heterocycles. The van der Waals surface area contributed by atoms with Crippen molar-refractivity contribution >= 4 is 17.4 Å². The summed E-state index contributed by atoms with van der Waals surface area (Å²) in [5, 5.41) is 8.61. The molecule has 0 radical (unpaired) electrons. The van der Waals surface area contributed by atoms with Gasteiger partial charge in [0.15, 0.2) is 5.78 Å². The topological polar surface area (TPSA) is 40.9 Å². The fourth-order valence-corrected chi connectivity index (χ4v) is 1.44. The van der Waals surface area contributed by atoms with Crippen molar-refractivity contribution < 1.29 is 22.4 Å². The number of halogens is 5. The lowest BCUT2D eigenvalue weighted by Gasteiger charge is -2.13. The molecule has 0 bridgehead atoms. The minimum Gasteiger partial charge on any atom is -0.293 e. The summed E-state index contributed by atoms with van der Waals surface area (Å²) in [4.78, 5) is 11.3. The van der Waals surface area contributed by atoms with E-state index in [9.17, 15) is 22.4 Å². The van der Waals surface area contributed by atoms with E-state index in [0.29, 0.717) is 6.07 Å². The van der Waals surface area contributed by atoms with Gasteiger partial charge in [0.25, 0.3) is 0 Å². The van der Waals surface area contributed by atoms with Crippen molar-refractivity contribution in [1.82, 2.24) is 0 Å². The summed E-state index contributed by atoms with van der Waals surface area (Å²) in [5.41, 5.74) is -3.32. The number of ketones is 1. The Kier molecular flexibility index (Phi) is 3.73. The summed E-state index contributed by atoms with van der Waals surface area (Å²) < 4.78 is 50.9. The van der Waals surface area contributed by atoms with E-state index >= 15 is 0 Å². The van der Waals surface area contributed by atoms with Gasteiger partial charge in [-0.15, -0.1) is 11.6 Å². The van der Waals surface area contributed by atoms with Crippen molar-refractivity contribution in [2.24, 2.45) is 0 Å². The highest BCUT2D eigenvalue weighted by Gasteiger charge is 2.39. The van der Waals surface area contributed by atoms with E-state index in [1.807, 2.05) is 0 Å². The van der Waals surface area contributed by atoms with Crippen LogP contribution in [0, 0.1) is 17.1 Å². The highest BCUT2D eigenvalue weighted by atomic mass is 35.5. The van der Waals surface area contributed by atoms with Crippen LogP contribution in [0.15, 0.2) is 12.1 Å². The molecule has 1 aromatic rings. The standard InChI is InChI=1S/C10H4ClF4NO/c11-3-7(17)8-5(4-16)1-2-6(12)9(8)10(13,14)15/h1-2H,3H2. The Balaban J connectivity index is 3.67. The van der Waals surface area contributed by atoms with Gasteiger partial charge in [0.1, 0.15) is 11.4 Å². The Bertz CT molecular complexity index is 504. The third kappa shape index (κ3) is 2.56. The second kappa shape index (κ2) is 4.72. The van der Waals surface area contributed by atoms with Crippen LogP contribution >= 0.6 is 11.6 Å². The minimum absolute atomic E-state index is 0.492. The quantitative estimate of drug-likeness (QED) is 0.468. The van der Waals surface area contributed by atoms with Crippen molar-refractivity contribution in [2.45, 2.75) is 6.18 Å². The average Bonchev–Trinajstić information content (AvgIpc) is 2.25. The van der Waals surface area contributed by atoms with Crippen LogP contribution in [0.2, 0.25) is 0 Å². The van der Waals surface area contributed by atoms with Crippen molar-refractivity contribution in [3.63, 3.8) is 0 Å². The van der Waals surface area contributed by atoms with Gasteiger partial charge in [-0.2, -0.15) is 18.4 Å². The number of nitrogens with zero attached hydrogens (tertiary/aromatic N) is 1. The molecule has 0 atom stereocenters. The van der Waals surface area contributed by atoms with Gasteiger partial charge in [-0.25, -0.2) is 4.39 Å². The van der Waals surface area contributed by atoms with Crippen LogP contribution in [-0.4, -0.2) is 11.7 Å². The summed E-state index contributed by atoms with van der Waals surface area (Å²) in [6.07, 6.45) is -5.06. The molecule has 0 unspecified atom stereocenters. The van der Waals surface area contributed by atoms with Gasteiger partial charge in [0.05, 0.1) is 23.1 Å². The first-order valence-corrected chi connectivity index (χ1v) is 4.75. The molecule has 0 aliphatic rings. The molecule has 1 rings (SSSR count). The van der Waals surface area contributed by atoms with Crippen molar-refractivity contribution in [1.29, 1.82) is 5.26 Å². The highest BCUT2D eigenvalue weighted by molar-refractivity contribution is 6.31. The molecule has 0 spiro atoms. The predicted molar refractivity (Wildman–Crippen MR) is 51.2 cm³/mol. The first-order chi connectivity index (χ1) is 7.82. The van der Waals surface area contributed by atoms with Crippen LogP contribution in [0.25, 0.3) is 0 Å². The Morgan fingerprint density at radius 1 is 1.41 bits per heavy atom. The molecule has 2 nitrogen and oxygen atoms in total. The van der Waals surface area contributed by atoms with E-state index in [4.69, 9.17) is 16.9 Å². The van der Waals surface area contributed by atoms with Gasteiger partial charge in [0, 0.05) is 0 Å². The smallest absolute Gasteiger partial charge is 0.293 e. The van der Waals surface area contributed by atoms with Gasteiger partial charge >= 0.3 is 6.18 Å². The molecule has 0 aromatic heterocycles. The highest BCUT2D eigenvalue weighted by Crippen LogP contribution is 2.35. The Morgan fingerprint density at radius 3 is 2.41 bits per heavy atom. The molecule has 1 aromatic carbocycles. The zero-order valence-corrected chi connectivity index (χ0v) is 8.86. The van der Waals surface area contributed by atoms with Crippen molar-refractivity contribution in [3.8, 4) is 6.07 Å². The summed E-state index contributed by atoms with van der Waals surface area (Å²) in [7, 11) is 0. The predicted octanol–water partition coefficient (Wildman–Crippen LogP) is 3.14. The molecular weight excluding hydrogens is 262 g/mol. The normalized spacial score (nSPS) is 11.1. The van der Waals surface area contributed by atoms with Crippen LogP contribution < -0.4 is 0 Å². The van der Waals surface area contributed by atoms with E-state index in [1.54, 1.807) is 0 Å². The number of carbonyl (C=O) groups is 1. The third-order valence-corrected chi connectivity index (χ3v) is 2.20. The number of hydrogen-bond acceptors (Lipinski definition) is 2. The van der Waals surface area contributed by atoms with E-state index in [0.717, 1.165) is 6.07 Å². The van der Waals surface area contributed by atoms with E-state index < -0.39 is 40.3 Å². The van der Waals surface area contributed by atoms with Gasteiger partial charge in [-0.3, -0.25) is 4.79 Å². The summed E-state index contributed by atoms with van der Waals surface area (Å²) in [6.45, 7) is 0. The summed E-state index contributed by atoms with van der Waals surface area (Å²) in [5.74, 6) is -3.51. The van der Waals surface area contributed by atoms with Gasteiger partial charge < -0.3 is 0 Å². The molecule has 17 heavy (non-hydrogen) atoms. The molecule has 0 saturated carbocycles. The Labute approximate surface area is 98.4 Å². The Hall–Kier alpha value is -1.61. The molecule has 0 aliphatic carbocycles.